The Kier molecular flexibility index (Phi) is 4.17. The van der Waals surface area contributed by atoms with E-state index in [4.69, 9.17) is 21.2 Å². The van der Waals surface area contributed by atoms with E-state index in [-0.39, 0.29) is 5.69 Å². The molecule has 4 nitrogen and oxygen atoms in total. The molecule has 2 aromatic rings. The number of thioether (sulfide) groups is 1. The number of hydrogen-bond donors (Lipinski definition) is 1. The van der Waals surface area contributed by atoms with Gasteiger partial charge in [-0.15, -0.1) is 11.8 Å². The molecule has 2 rings (SSSR count). The quantitative estimate of drug-likeness (QED) is 0.857. The predicted octanol–water partition coefficient (Wildman–Crippen LogP) is 4.19. The van der Waals surface area contributed by atoms with Crippen LogP contribution in [0.3, 0.4) is 0 Å². The van der Waals surface area contributed by atoms with Gasteiger partial charge in [-0.2, -0.15) is 0 Å². The number of benzene rings is 1. The van der Waals surface area contributed by atoms with Crippen LogP contribution in [0.1, 0.15) is 24.3 Å². The number of carboxylic acids is 1. The summed E-state index contributed by atoms with van der Waals surface area (Å²) in [4.78, 5) is 11.7. The number of carboxylic acid groups (broad SMARTS) is 1. The van der Waals surface area contributed by atoms with E-state index in [0.29, 0.717) is 21.6 Å². The lowest BCUT2D eigenvalue weighted by atomic mass is 10.1. The van der Waals surface area contributed by atoms with E-state index in [0.717, 1.165) is 4.90 Å². The molecule has 0 bridgehead atoms. The van der Waals surface area contributed by atoms with E-state index in [1.54, 1.807) is 17.8 Å². The maximum atomic E-state index is 10.7. The Hall–Kier alpha value is -1.46. The minimum atomic E-state index is -1.12. The SMILES string of the molecule is CC(C)Sc1ccc(-c2cc(C(=O)O)no2)cc1Cl. The molecule has 0 saturated carbocycles. The van der Waals surface area contributed by atoms with Gasteiger partial charge in [0.05, 0.1) is 5.02 Å². The molecule has 0 aliphatic rings. The van der Waals surface area contributed by atoms with Gasteiger partial charge in [-0.05, 0) is 18.2 Å². The van der Waals surface area contributed by atoms with Gasteiger partial charge in [0.2, 0.25) is 0 Å². The van der Waals surface area contributed by atoms with Gasteiger partial charge in [-0.1, -0.05) is 30.6 Å². The molecular formula is C13H12ClNO3S. The normalized spacial score (nSPS) is 10.9. The van der Waals surface area contributed by atoms with Gasteiger partial charge < -0.3 is 9.63 Å². The minimum Gasteiger partial charge on any atom is -0.476 e. The zero-order valence-corrected chi connectivity index (χ0v) is 12.0. The van der Waals surface area contributed by atoms with Crippen LogP contribution in [-0.4, -0.2) is 21.5 Å². The molecule has 0 radical (unpaired) electrons. The predicted molar refractivity (Wildman–Crippen MR) is 74.9 cm³/mol. The van der Waals surface area contributed by atoms with Crippen molar-refractivity contribution >= 4 is 29.3 Å². The summed E-state index contributed by atoms with van der Waals surface area (Å²) in [6.45, 7) is 4.18. The van der Waals surface area contributed by atoms with Crippen molar-refractivity contribution in [1.29, 1.82) is 0 Å². The lowest BCUT2D eigenvalue weighted by Crippen LogP contribution is -1.94. The highest BCUT2D eigenvalue weighted by Gasteiger charge is 2.13. The first kappa shape index (κ1) is 14.0. The summed E-state index contributed by atoms with van der Waals surface area (Å²) in [6.07, 6.45) is 0. The van der Waals surface area contributed by atoms with Crippen LogP contribution < -0.4 is 0 Å². The number of rotatable bonds is 4. The molecule has 6 heteroatoms. The van der Waals surface area contributed by atoms with Crippen molar-refractivity contribution in [3.63, 3.8) is 0 Å². The highest BCUT2D eigenvalue weighted by Crippen LogP contribution is 2.33. The lowest BCUT2D eigenvalue weighted by molar-refractivity contribution is 0.0686. The van der Waals surface area contributed by atoms with Crippen LogP contribution in [0.25, 0.3) is 11.3 Å². The number of aromatic nitrogens is 1. The Bertz CT molecular complexity index is 610. The van der Waals surface area contributed by atoms with Gasteiger partial charge in [0.15, 0.2) is 11.5 Å². The summed E-state index contributed by atoms with van der Waals surface area (Å²) in [7, 11) is 0. The zero-order valence-electron chi connectivity index (χ0n) is 10.4. The van der Waals surface area contributed by atoms with Crippen LogP contribution in [0.5, 0.6) is 0 Å². The van der Waals surface area contributed by atoms with Crippen LogP contribution in [0.2, 0.25) is 5.02 Å². The van der Waals surface area contributed by atoms with Crippen molar-refractivity contribution in [2.45, 2.75) is 24.0 Å². The molecule has 0 amide bonds. The first-order valence-electron chi connectivity index (χ1n) is 5.64. The maximum absolute atomic E-state index is 10.7. The molecule has 1 aromatic carbocycles. The molecule has 0 aliphatic heterocycles. The third kappa shape index (κ3) is 3.30. The van der Waals surface area contributed by atoms with Gasteiger partial charge in [0.1, 0.15) is 0 Å². The Morgan fingerprint density at radius 3 is 2.68 bits per heavy atom. The third-order valence-corrected chi connectivity index (χ3v) is 3.81. The van der Waals surface area contributed by atoms with Crippen molar-refractivity contribution < 1.29 is 14.4 Å². The minimum absolute atomic E-state index is 0.119. The molecule has 1 N–H and O–H groups in total. The Balaban J connectivity index is 2.30. The summed E-state index contributed by atoms with van der Waals surface area (Å²) in [5, 5.41) is 13.3. The van der Waals surface area contributed by atoms with Crippen molar-refractivity contribution in [3.8, 4) is 11.3 Å². The fourth-order valence-corrected chi connectivity index (χ4v) is 2.66. The Morgan fingerprint density at radius 1 is 1.42 bits per heavy atom. The molecule has 1 heterocycles. The van der Waals surface area contributed by atoms with E-state index in [2.05, 4.69) is 19.0 Å². The second kappa shape index (κ2) is 5.67. The standard InChI is InChI=1S/C13H12ClNO3S/c1-7(2)19-12-4-3-8(5-9(12)14)11-6-10(13(16)17)15-18-11/h3-7H,1-2H3,(H,16,17). The fraction of sp³-hybridized carbons (Fsp3) is 0.231. The molecule has 100 valence electrons. The third-order valence-electron chi connectivity index (χ3n) is 2.31. The van der Waals surface area contributed by atoms with Crippen LogP contribution >= 0.6 is 23.4 Å². The molecular weight excluding hydrogens is 286 g/mol. The van der Waals surface area contributed by atoms with Gasteiger partial charge in [-0.25, -0.2) is 4.79 Å². The van der Waals surface area contributed by atoms with Gasteiger partial charge >= 0.3 is 5.97 Å². The van der Waals surface area contributed by atoms with Crippen molar-refractivity contribution in [2.24, 2.45) is 0 Å². The van der Waals surface area contributed by atoms with Crippen molar-refractivity contribution in [1.82, 2.24) is 5.16 Å². The number of nitrogens with zero attached hydrogens (tertiary/aromatic N) is 1. The molecule has 0 aliphatic carbocycles. The second-order valence-electron chi connectivity index (χ2n) is 4.19. The molecule has 0 saturated heterocycles. The van der Waals surface area contributed by atoms with E-state index in [1.165, 1.54) is 6.07 Å². The van der Waals surface area contributed by atoms with E-state index < -0.39 is 5.97 Å². The summed E-state index contributed by atoms with van der Waals surface area (Å²) in [5.74, 6) is -0.728. The summed E-state index contributed by atoms with van der Waals surface area (Å²) >= 11 is 7.86. The summed E-state index contributed by atoms with van der Waals surface area (Å²) < 4.78 is 4.99. The Morgan fingerprint density at radius 2 is 2.16 bits per heavy atom. The number of aromatic carboxylic acids is 1. The Labute approximate surface area is 119 Å². The molecule has 0 fully saturated rings. The first-order chi connectivity index (χ1) is 8.97. The summed E-state index contributed by atoms with van der Waals surface area (Å²) in [6, 6.07) is 6.86. The molecule has 1 aromatic heterocycles. The number of carbonyl (C=O) groups is 1. The molecule has 0 spiro atoms. The fourth-order valence-electron chi connectivity index (χ4n) is 1.52. The molecule has 19 heavy (non-hydrogen) atoms. The van der Waals surface area contributed by atoms with Gasteiger partial charge in [0.25, 0.3) is 0 Å². The monoisotopic (exact) mass is 297 g/mol. The van der Waals surface area contributed by atoms with Crippen LogP contribution in [0, 0.1) is 0 Å². The topological polar surface area (TPSA) is 63.3 Å². The van der Waals surface area contributed by atoms with Crippen LogP contribution in [0.15, 0.2) is 33.7 Å². The van der Waals surface area contributed by atoms with E-state index in [9.17, 15) is 4.79 Å². The summed E-state index contributed by atoms with van der Waals surface area (Å²) in [5.41, 5.74) is 0.588. The highest BCUT2D eigenvalue weighted by atomic mass is 35.5. The molecule has 0 unspecified atom stereocenters. The average Bonchev–Trinajstić information content (AvgIpc) is 2.80. The molecule has 0 atom stereocenters. The number of halogens is 1. The van der Waals surface area contributed by atoms with E-state index >= 15 is 0 Å². The smallest absolute Gasteiger partial charge is 0.358 e. The lowest BCUT2D eigenvalue weighted by Gasteiger charge is -2.07. The van der Waals surface area contributed by atoms with Gasteiger partial charge in [0, 0.05) is 21.8 Å². The van der Waals surface area contributed by atoms with E-state index in [1.807, 2.05) is 12.1 Å². The average molecular weight is 298 g/mol. The highest BCUT2D eigenvalue weighted by molar-refractivity contribution is 8.00. The van der Waals surface area contributed by atoms with Crippen molar-refractivity contribution in [3.05, 3.63) is 35.0 Å². The largest absolute Gasteiger partial charge is 0.476 e. The van der Waals surface area contributed by atoms with Crippen LogP contribution in [-0.2, 0) is 0 Å². The number of hydrogen-bond acceptors (Lipinski definition) is 4. The second-order valence-corrected chi connectivity index (χ2v) is 6.22. The van der Waals surface area contributed by atoms with Crippen LogP contribution in [0.4, 0.5) is 0 Å². The first-order valence-corrected chi connectivity index (χ1v) is 6.89. The van der Waals surface area contributed by atoms with Crippen molar-refractivity contribution in [2.75, 3.05) is 0 Å². The van der Waals surface area contributed by atoms with Gasteiger partial charge in [-0.3, -0.25) is 0 Å². The maximum Gasteiger partial charge on any atom is 0.358 e. The zero-order chi connectivity index (χ0) is 14.0.